The molecule has 0 unspecified atom stereocenters. The summed E-state index contributed by atoms with van der Waals surface area (Å²) in [6.07, 6.45) is 1.99. The van der Waals surface area contributed by atoms with Crippen molar-refractivity contribution < 1.29 is 4.79 Å². The zero-order valence-corrected chi connectivity index (χ0v) is 13.1. The summed E-state index contributed by atoms with van der Waals surface area (Å²) in [6, 6.07) is 12.8. The van der Waals surface area contributed by atoms with Gasteiger partial charge in [-0.15, -0.1) is 0 Å². The molecule has 0 aliphatic rings. The Morgan fingerprint density at radius 2 is 2.00 bits per heavy atom. The molecule has 1 aromatic carbocycles. The highest BCUT2D eigenvalue weighted by molar-refractivity contribution is 5.94. The highest BCUT2D eigenvalue weighted by atomic mass is 16.1. The van der Waals surface area contributed by atoms with Gasteiger partial charge in [-0.1, -0.05) is 0 Å². The Kier molecular flexibility index (Phi) is 4.97. The predicted octanol–water partition coefficient (Wildman–Crippen LogP) is 1.93. The van der Waals surface area contributed by atoms with Crippen LogP contribution < -0.4 is 5.32 Å². The third kappa shape index (κ3) is 3.54. The van der Waals surface area contributed by atoms with Crippen molar-refractivity contribution in [3.05, 3.63) is 59.4 Å². The fraction of sp³-hybridized carbons (Fsp3) is 0.294. The van der Waals surface area contributed by atoms with Crippen molar-refractivity contribution in [1.82, 2.24) is 14.8 Å². The van der Waals surface area contributed by atoms with Crippen LogP contribution in [0, 0.1) is 11.3 Å². The number of benzene rings is 1. The first kappa shape index (κ1) is 15.8. The van der Waals surface area contributed by atoms with Gasteiger partial charge in [-0.05, 0) is 50.5 Å². The van der Waals surface area contributed by atoms with Gasteiger partial charge in [0.1, 0.15) is 0 Å². The second-order valence-corrected chi connectivity index (χ2v) is 5.42. The highest BCUT2D eigenvalue weighted by Gasteiger charge is 2.18. The number of nitrogens with one attached hydrogen (secondary N) is 1. The molecule has 1 N–H and O–H groups in total. The van der Waals surface area contributed by atoms with Crippen LogP contribution in [0.2, 0.25) is 0 Å². The molecule has 0 saturated heterocycles. The average molecular weight is 296 g/mol. The van der Waals surface area contributed by atoms with E-state index in [1.807, 2.05) is 39.5 Å². The summed E-state index contributed by atoms with van der Waals surface area (Å²) < 4.78 is 2.05. The lowest BCUT2D eigenvalue weighted by Gasteiger charge is -2.25. The van der Waals surface area contributed by atoms with Crippen molar-refractivity contribution in [3.8, 4) is 6.07 Å². The van der Waals surface area contributed by atoms with E-state index in [0.717, 1.165) is 5.69 Å². The topological polar surface area (TPSA) is 61.1 Å². The highest BCUT2D eigenvalue weighted by Crippen LogP contribution is 2.17. The first-order valence-corrected chi connectivity index (χ1v) is 7.09. The van der Waals surface area contributed by atoms with Crippen molar-refractivity contribution in [3.63, 3.8) is 0 Å². The average Bonchev–Trinajstić information content (AvgIpc) is 2.93. The lowest BCUT2D eigenvalue weighted by Crippen LogP contribution is -2.35. The van der Waals surface area contributed by atoms with E-state index in [0.29, 0.717) is 17.7 Å². The number of carbonyl (C=O) groups is 1. The van der Waals surface area contributed by atoms with Crippen molar-refractivity contribution in [2.45, 2.75) is 6.04 Å². The van der Waals surface area contributed by atoms with E-state index in [1.54, 1.807) is 24.3 Å². The lowest BCUT2D eigenvalue weighted by molar-refractivity contribution is 0.0941. The van der Waals surface area contributed by atoms with Gasteiger partial charge < -0.3 is 9.88 Å². The number of likely N-dealkylation sites (N-methyl/N-ethyl adjacent to an activating group) is 1. The normalized spacial score (nSPS) is 12.0. The number of hydrogen-bond acceptors (Lipinski definition) is 3. The number of rotatable bonds is 5. The third-order valence-corrected chi connectivity index (χ3v) is 3.68. The van der Waals surface area contributed by atoms with Crippen LogP contribution in [-0.4, -0.2) is 36.0 Å². The number of aryl methyl sites for hydroxylation is 1. The summed E-state index contributed by atoms with van der Waals surface area (Å²) in [6.45, 7) is 0.518. The zero-order valence-electron chi connectivity index (χ0n) is 13.1. The van der Waals surface area contributed by atoms with E-state index in [2.05, 4.69) is 20.9 Å². The molecule has 0 bridgehead atoms. The molecule has 5 nitrogen and oxygen atoms in total. The van der Waals surface area contributed by atoms with E-state index in [-0.39, 0.29) is 11.9 Å². The van der Waals surface area contributed by atoms with Crippen LogP contribution in [0.15, 0.2) is 42.6 Å². The fourth-order valence-electron chi connectivity index (χ4n) is 2.36. The standard InChI is InChI=1S/C17H20N4O/c1-20(2)16(15-5-4-10-21(15)3)12-19-17(22)14-8-6-13(11-18)7-9-14/h4-10,16H,12H2,1-3H3,(H,19,22)/t16-/m1/s1. The Hall–Kier alpha value is -2.58. The second-order valence-electron chi connectivity index (χ2n) is 5.42. The minimum absolute atomic E-state index is 0.0994. The van der Waals surface area contributed by atoms with Crippen LogP contribution in [-0.2, 0) is 7.05 Å². The predicted molar refractivity (Wildman–Crippen MR) is 85.3 cm³/mol. The molecular weight excluding hydrogens is 276 g/mol. The van der Waals surface area contributed by atoms with Crippen molar-refractivity contribution in [1.29, 1.82) is 5.26 Å². The molecule has 0 aliphatic carbocycles. The van der Waals surface area contributed by atoms with Crippen LogP contribution in [0.1, 0.15) is 27.7 Å². The van der Waals surface area contributed by atoms with Gasteiger partial charge in [-0.25, -0.2) is 0 Å². The molecule has 0 radical (unpaired) electrons. The molecule has 0 saturated carbocycles. The van der Waals surface area contributed by atoms with Gasteiger partial charge in [-0.3, -0.25) is 9.69 Å². The van der Waals surface area contributed by atoms with Crippen LogP contribution >= 0.6 is 0 Å². The number of hydrogen-bond donors (Lipinski definition) is 1. The number of nitriles is 1. The smallest absolute Gasteiger partial charge is 0.251 e. The molecular formula is C17H20N4O. The lowest BCUT2D eigenvalue weighted by atomic mass is 10.1. The second kappa shape index (κ2) is 6.92. The Balaban J connectivity index is 2.04. The molecule has 114 valence electrons. The molecule has 1 aromatic heterocycles. The molecule has 0 spiro atoms. The summed E-state index contributed by atoms with van der Waals surface area (Å²) in [5, 5.41) is 11.7. The Labute approximate surface area is 130 Å². The minimum Gasteiger partial charge on any atom is -0.353 e. The first-order chi connectivity index (χ1) is 10.5. The van der Waals surface area contributed by atoms with Crippen molar-refractivity contribution in [2.24, 2.45) is 7.05 Å². The maximum Gasteiger partial charge on any atom is 0.251 e. The summed E-state index contributed by atoms with van der Waals surface area (Å²) in [4.78, 5) is 14.3. The van der Waals surface area contributed by atoms with Gasteiger partial charge in [0, 0.05) is 31.0 Å². The van der Waals surface area contributed by atoms with E-state index in [9.17, 15) is 4.79 Å². The monoisotopic (exact) mass is 296 g/mol. The van der Waals surface area contributed by atoms with Crippen molar-refractivity contribution >= 4 is 5.91 Å². The van der Waals surface area contributed by atoms with Gasteiger partial charge in [-0.2, -0.15) is 5.26 Å². The van der Waals surface area contributed by atoms with Crippen LogP contribution in [0.5, 0.6) is 0 Å². The Morgan fingerprint density at radius 3 is 2.50 bits per heavy atom. The van der Waals surface area contributed by atoms with Crippen molar-refractivity contribution in [2.75, 3.05) is 20.6 Å². The molecule has 1 atom stereocenters. The molecule has 1 heterocycles. The van der Waals surface area contributed by atoms with Gasteiger partial charge >= 0.3 is 0 Å². The first-order valence-electron chi connectivity index (χ1n) is 7.09. The van der Waals surface area contributed by atoms with Crippen LogP contribution in [0.3, 0.4) is 0 Å². The van der Waals surface area contributed by atoms with Gasteiger partial charge in [0.2, 0.25) is 0 Å². The molecule has 0 aliphatic heterocycles. The van der Waals surface area contributed by atoms with Gasteiger partial charge in [0.25, 0.3) is 5.91 Å². The zero-order chi connectivity index (χ0) is 16.1. The number of amides is 1. The van der Waals surface area contributed by atoms with Gasteiger partial charge in [0.15, 0.2) is 0 Å². The summed E-state index contributed by atoms with van der Waals surface area (Å²) in [5.74, 6) is -0.134. The molecule has 2 aromatic rings. The minimum atomic E-state index is -0.134. The SMILES string of the molecule is CN(C)[C@H](CNC(=O)c1ccc(C#N)cc1)c1cccn1C. The summed E-state index contributed by atoms with van der Waals surface area (Å²) in [7, 11) is 5.98. The van der Waals surface area contributed by atoms with Crippen LogP contribution in [0.25, 0.3) is 0 Å². The quantitative estimate of drug-likeness (QED) is 0.917. The molecule has 2 rings (SSSR count). The molecule has 5 heteroatoms. The largest absolute Gasteiger partial charge is 0.353 e. The van der Waals surface area contributed by atoms with E-state index in [4.69, 9.17) is 5.26 Å². The summed E-state index contributed by atoms with van der Waals surface area (Å²) in [5.41, 5.74) is 2.25. The Morgan fingerprint density at radius 1 is 1.32 bits per heavy atom. The van der Waals surface area contributed by atoms with E-state index in [1.165, 1.54) is 0 Å². The van der Waals surface area contributed by atoms with E-state index >= 15 is 0 Å². The molecule has 1 amide bonds. The molecule has 22 heavy (non-hydrogen) atoms. The number of nitrogens with zero attached hydrogens (tertiary/aromatic N) is 3. The Bertz CT molecular complexity index is 679. The van der Waals surface area contributed by atoms with Gasteiger partial charge in [0.05, 0.1) is 17.7 Å². The van der Waals surface area contributed by atoms with Crippen LogP contribution in [0.4, 0.5) is 0 Å². The maximum atomic E-state index is 12.2. The maximum absolute atomic E-state index is 12.2. The fourth-order valence-corrected chi connectivity index (χ4v) is 2.36. The summed E-state index contributed by atoms with van der Waals surface area (Å²) >= 11 is 0. The third-order valence-electron chi connectivity index (χ3n) is 3.68. The number of aromatic nitrogens is 1. The molecule has 0 fully saturated rings. The number of carbonyl (C=O) groups excluding carboxylic acids is 1. The van der Waals surface area contributed by atoms with E-state index < -0.39 is 0 Å².